The van der Waals surface area contributed by atoms with Gasteiger partial charge in [0, 0.05) is 10.0 Å². The zero-order chi connectivity index (χ0) is 15.9. The Morgan fingerprint density at radius 2 is 1.86 bits per heavy atom. The lowest BCUT2D eigenvalue weighted by Gasteiger charge is -2.07. The van der Waals surface area contributed by atoms with Gasteiger partial charge in [0.25, 0.3) is 5.91 Å². The maximum Gasteiger partial charge on any atom is 0.275 e. The van der Waals surface area contributed by atoms with Gasteiger partial charge in [-0.2, -0.15) is 5.10 Å². The second-order valence-electron chi connectivity index (χ2n) is 4.29. The highest BCUT2D eigenvalue weighted by atomic mass is 79.9. The molecule has 114 valence electrons. The minimum atomic E-state index is -0.357. The molecular weight excluding hydrogens is 348 g/mol. The summed E-state index contributed by atoms with van der Waals surface area (Å²) in [6.07, 6.45) is 1.53. The number of benzene rings is 2. The van der Waals surface area contributed by atoms with Crippen molar-refractivity contribution in [2.75, 3.05) is 14.2 Å². The molecule has 0 aliphatic carbocycles. The zero-order valence-electron chi connectivity index (χ0n) is 12.2. The average molecular weight is 363 g/mol. The topological polar surface area (TPSA) is 59.9 Å². The number of ether oxygens (including phenoxy) is 2. The lowest BCUT2D eigenvalue weighted by molar-refractivity contribution is 0.0952. The van der Waals surface area contributed by atoms with Gasteiger partial charge in [-0.3, -0.25) is 4.79 Å². The molecule has 0 saturated heterocycles. The van der Waals surface area contributed by atoms with Crippen LogP contribution in [0.3, 0.4) is 0 Å². The monoisotopic (exact) mass is 362 g/mol. The van der Waals surface area contributed by atoms with Crippen LogP contribution in [-0.4, -0.2) is 26.3 Å². The van der Waals surface area contributed by atoms with Gasteiger partial charge in [0.2, 0.25) is 0 Å². The molecule has 0 unspecified atom stereocenters. The van der Waals surface area contributed by atoms with Crippen LogP contribution in [0.1, 0.15) is 15.9 Å². The van der Waals surface area contributed by atoms with Gasteiger partial charge in [-0.15, -0.1) is 0 Å². The van der Waals surface area contributed by atoms with Crippen molar-refractivity contribution >= 4 is 28.1 Å². The van der Waals surface area contributed by atoms with Crippen LogP contribution in [-0.2, 0) is 0 Å². The van der Waals surface area contributed by atoms with E-state index in [1.165, 1.54) is 13.3 Å². The summed E-state index contributed by atoms with van der Waals surface area (Å²) in [6.45, 7) is 0. The van der Waals surface area contributed by atoms with Gasteiger partial charge in [0.15, 0.2) is 0 Å². The Morgan fingerprint density at radius 1 is 1.14 bits per heavy atom. The third-order valence-corrected chi connectivity index (χ3v) is 3.41. The summed E-state index contributed by atoms with van der Waals surface area (Å²) < 4.78 is 11.2. The number of carbonyl (C=O) groups excluding carboxylic acids is 1. The van der Waals surface area contributed by atoms with Gasteiger partial charge in [0.05, 0.1) is 26.0 Å². The Hall–Kier alpha value is -2.34. The maximum absolute atomic E-state index is 12.2. The van der Waals surface area contributed by atoms with Crippen LogP contribution in [0.4, 0.5) is 0 Å². The second-order valence-corrected chi connectivity index (χ2v) is 5.20. The van der Waals surface area contributed by atoms with Crippen molar-refractivity contribution < 1.29 is 14.3 Å². The molecule has 2 rings (SSSR count). The molecule has 0 spiro atoms. The number of hydrogen-bond donors (Lipinski definition) is 1. The summed E-state index contributed by atoms with van der Waals surface area (Å²) in [5.74, 6) is 0.804. The third kappa shape index (κ3) is 3.85. The predicted molar refractivity (Wildman–Crippen MR) is 88.7 cm³/mol. The lowest BCUT2D eigenvalue weighted by Crippen LogP contribution is -2.18. The molecule has 0 fully saturated rings. The Kier molecular flexibility index (Phi) is 5.55. The molecule has 0 aromatic heterocycles. The molecule has 0 aliphatic rings. The van der Waals surface area contributed by atoms with Gasteiger partial charge in [-0.05, 0) is 30.3 Å². The second kappa shape index (κ2) is 7.61. The van der Waals surface area contributed by atoms with E-state index < -0.39 is 0 Å². The number of rotatable bonds is 5. The zero-order valence-corrected chi connectivity index (χ0v) is 13.8. The van der Waals surface area contributed by atoms with Crippen LogP contribution in [0.5, 0.6) is 11.5 Å². The highest BCUT2D eigenvalue weighted by Gasteiger charge is 2.12. The molecule has 6 heteroatoms. The number of amides is 1. The van der Waals surface area contributed by atoms with E-state index in [2.05, 4.69) is 26.5 Å². The lowest BCUT2D eigenvalue weighted by atomic mass is 10.2. The van der Waals surface area contributed by atoms with Crippen molar-refractivity contribution in [1.82, 2.24) is 5.43 Å². The normalized spacial score (nSPS) is 10.5. The first-order valence-corrected chi connectivity index (χ1v) is 7.25. The van der Waals surface area contributed by atoms with Gasteiger partial charge in [-0.25, -0.2) is 5.43 Å². The molecular formula is C16H15BrN2O3. The summed E-state index contributed by atoms with van der Waals surface area (Å²) in [6, 6.07) is 12.6. The van der Waals surface area contributed by atoms with E-state index in [0.29, 0.717) is 17.1 Å². The van der Waals surface area contributed by atoms with Gasteiger partial charge in [0.1, 0.15) is 11.5 Å². The number of methoxy groups -OCH3 is 2. The van der Waals surface area contributed by atoms with Crippen LogP contribution in [0.2, 0.25) is 0 Å². The fourth-order valence-electron chi connectivity index (χ4n) is 1.85. The molecule has 0 aliphatic heterocycles. The number of hydrogen-bond acceptors (Lipinski definition) is 4. The smallest absolute Gasteiger partial charge is 0.275 e. The Labute approximate surface area is 137 Å². The summed E-state index contributed by atoms with van der Waals surface area (Å²) in [7, 11) is 3.09. The minimum absolute atomic E-state index is 0.357. The van der Waals surface area contributed by atoms with Gasteiger partial charge >= 0.3 is 0 Å². The van der Waals surface area contributed by atoms with Crippen molar-refractivity contribution in [1.29, 1.82) is 0 Å². The third-order valence-electron chi connectivity index (χ3n) is 2.91. The van der Waals surface area contributed by atoms with E-state index in [0.717, 1.165) is 10.0 Å². The van der Waals surface area contributed by atoms with E-state index in [-0.39, 0.29) is 5.91 Å². The number of nitrogens with one attached hydrogen (secondary N) is 1. The van der Waals surface area contributed by atoms with Crippen LogP contribution in [0.25, 0.3) is 0 Å². The molecule has 1 amide bonds. The van der Waals surface area contributed by atoms with E-state index in [1.54, 1.807) is 25.3 Å². The van der Waals surface area contributed by atoms with Crippen molar-refractivity contribution in [3.05, 3.63) is 58.1 Å². The summed E-state index contributed by atoms with van der Waals surface area (Å²) in [5.41, 5.74) is 3.64. The highest BCUT2D eigenvalue weighted by molar-refractivity contribution is 9.10. The Bertz CT molecular complexity index is 702. The van der Waals surface area contributed by atoms with Gasteiger partial charge in [-0.1, -0.05) is 28.1 Å². The SMILES string of the molecule is COc1ccccc1/C=N/NC(=O)c1cc(Br)ccc1OC. The van der Waals surface area contributed by atoms with Gasteiger partial charge < -0.3 is 9.47 Å². The van der Waals surface area contributed by atoms with Crippen molar-refractivity contribution in [2.45, 2.75) is 0 Å². The number of halogens is 1. The van der Waals surface area contributed by atoms with Crippen LogP contribution >= 0.6 is 15.9 Å². The molecule has 1 N–H and O–H groups in total. The molecule has 0 saturated carbocycles. The Morgan fingerprint density at radius 3 is 2.59 bits per heavy atom. The molecule has 2 aromatic carbocycles. The fraction of sp³-hybridized carbons (Fsp3) is 0.125. The molecule has 22 heavy (non-hydrogen) atoms. The minimum Gasteiger partial charge on any atom is -0.496 e. The molecule has 0 heterocycles. The van der Waals surface area contributed by atoms with E-state index in [4.69, 9.17) is 9.47 Å². The summed E-state index contributed by atoms with van der Waals surface area (Å²) in [5, 5.41) is 3.96. The molecule has 2 aromatic rings. The molecule has 0 atom stereocenters. The number of hydrazone groups is 1. The fourth-order valence-corrected chi connectivity index (χ4v) is 2.21. The first-order valence-electron chi connectivity index (χ1n) is 6.45. The van der Waals surface area contributed by atoms with E-state index in [9.17, 15) is 4.79 Å². The standard InChI is InChI=1S/C16H15BrN2O3/c1-21-14-6-4-3-5-11(14)10-18-19-16(20)13-9-12(17)7-8-15(13)22-2/h3-10H,1-2H3,(H,19,20)/b18-10+. The van der Waals surface area contributed by atoms with Crippen molar-refractivity contribution in [3.8, 4) is 11.5 Å². The van der Waals surface area contributed by atoms with Crippen LogP contribution < -0.4 is 14.9 Å². The number of para-hydroxylation sites is 1. The molecule has 5 nitrogen and oxygen atoms in total. The Balaban J connectivity index is 2.13. The average Bonchev–Trinajstić information content (AvgIpc) is 2.55. The number of carbonyl (C=O) groups is 1. The van der Waals surface area contributed by atoms with Crippen molar-refractivity contribution in [2.24, 2.45) is 5.10 Å². The largest absolute Gasteiger partial charge is 0.496 e. The molecule has 0 radical (unpaired) electrons. The number of nitrogens with zero attached hydrogens (tertiary/aromatic N) is 1. The predicted octanol–water partition coefficient (Wildman–Crippen LogP) is 3.23. The first kappa shape index (κ1) is 16.0. The first-order chi connectivity index (χ1) is 10.7. The molecule has 0 bridgehead atoms. The summed E-state index contributed by atoms with van der Waals surface area (Å²) >= 11 is 3.33. The van der Waals surface area contributed by atoms with E-state index in [1.807, 2.05) is 24.3 Å². The highest BCUT2D eigenvalue weighted by Crippen LogP contribution is 2.22. The quantitative estimate of drug-likeness (QED) is 0.656. The van der Waals surface area contributed by atoms with Crippen molar-refractivity contribution in [3.63, 3.8) is 0 Å². The summed E-state index contributed by atoms with van der Waals surface area (Å²) in [4.78, 5) is 12.2. The maximum atomic E-state index is 12.2. The van der Waals surface area contributed by atoms with E-state index >= 15 is 0 Å². The van der Waals surface area contributed by atoms with Crippen LogP contribution in [0.15, 0.2) is 52.0 Å². The van der Waals surface area contributed by atoms with Crippen LogP contribution in [0, 0.1) is 0 Å².